The number of aromatic hydroxyl groups is 2. The topological polar surface area (TPSA) is 93.4 Å². The lowest BCUT2D eigenvalue weighted by Gasteiger charge is -2.06. The molecule has 0 atom stereocenters. The number of phenolic OH excluding ortho intramolecular Hbond substituents is 2. The quantitative estimate of drug-likeness (QED) is 0.421. The van der Waals surface area contributed by atoms with Crippen LogP contribution in [0.4, 0.5) is 4.39 Å². The first-order valence-corrected chi connectivity index (χ1v) is 4.00. The van der Waals surface area contributed by atoms with Gasteiger partial charge in [-0.25, -0.2) is 4.39 Å². The molecule has 6 heteroatoms. The lowest BCUT2D eigenvalue weighted by atomic mass is 10.1. The highest BCUT2D eigenvalue weighted by atomic mass is 19.1. The molecule has 0 radical (unpaired) electrons. The predicted molar refractivity (Wildman–Crippen MR) is 50.6 cm³/mol. The van der Waals surface area contributed by atoms with Gasteiger partial charge in [0.05, 0.1) is 0 Å². The minimum Gasteiger partial charge on any atom is -0.504 e. The van der Waals surface area contributed by atoms with Crippen LogP contribution in [0.25, 0.3) is 0 Å². The van der Waals surface area contributed by atoms with E-state index < -0.39 is 28.9 Å². The first-order valence-electron chi connectivity index (χ1n) is 4.00. The summed E-state index contributed by atoms with van der Waals surface area (Å²) in [5, 5.41) is 27.4. The first kappa shape index (κ1) is 11.0. The van der Waals surface area contributed by atoms with Crippen molar-refractivity contribution in [3.8, 4) is 11.5 Å². The average molecular weight is 212 g/mol. The van der Waals surface area contributed by atoms with Crippen LogP contribution >= 0.6 is 0 Å². The van der Waals surface area contributed by atoms with Crippen LogP contribution in [-0.4, -0.2) is 28.9 Å². The molecule has 0 heterocycles. The highest BCUT2D eigenvalue weighted by Crippen LogP contribution is 2.29. The molecule has 0 aliphatic carbocycles. The van der Waals surface area contributed by atoms with E-state index in [9.17, 15) is 9.18 Å². The van der Waals surface area contributed by atoms with E-state index in [1.807, 2.05) is 0 Å². The number of phenols is 2. The molecule has 0 aromatic heterocycles. The normalized spacial score (nSPS) is 9.73. The van der Waals surface area contributed by atoms with Gasteiger partial charge in [-0.2, -0.15) is 0 Å². The van der Waals surface area contributed by atoms with Gasteiger partial charge in [0.15, 0.2) is 17.3 Å². The van der Waals surface area contributed by atoms with Crippen LogP contribution in [0.15, 0.2) is 12.1 Å². The Bertz CT molecular complexity index is 432. The summed E-state index contributed by atoms with van der Waals surface area (Å²) in [6, 6.07) is 2.05. The van der Waals surface area contributed by atoms with Crippen LogP contribution < -0.4 is 5.32 Å². The minimum atomic E-state index is -1.19. The van der Waals surface area contributed by atoms with Crippen LogP contribution in [0.2, 0.25) is 0 Å². The monoisotopic (exact) mass is 212 g/mol. The van der Waals surface area contributed by atoms with Gasteiger partial charge in [-0.15, -0.1) is 0 Å². The van der Waals surface area contributed by atoms with Gasteiger partial charge in [-0.05, 0) is 12.1 Å². The second-order valence-electron chi connectivity index (χ2n) is 2.75. The molecule has 0 saturated carbocycles. The number of nitrogens with one attached hydrogen (secondary N) is 2. The van der Waals surface area contributed by atoms with Crippen molar-refractivity contribution in [2.45, 2.75) is 0 Å². The molecule has 0 spiro atoms. The summed E-state index contributed by atoms with van der Waals surface area (Å²) in [6.07, 6.45) is 0. The number of carbonyl (C=O) groups is 1. The molecule has 0 saturated heterocycles. The van der Waals surface area contributed by atoms with Gasteiger partial charge in [-0.3, -0.25) is 10.2 Å². The number of carbonyl (C=O) groups excluding carboxylic acids is 1. The van der Waals surface area contributed by atoms with Crippen molar-refractivity contribution in [2.24, 2.45) is 0 Å². The Hall–Kier alpha value is -2.11. The van der Waals surface area contributed by atoms with Crippen LogP contribution in [0.1, 0.15) is 5.56 Å². The third-order valence-corrected chi connectivity index (χ3v) is 1.82. The SMILES string of the molecule is CNC(=O)C(=N)c1ccc(O)c(O)c1F. The number of likely N-dealkylation sites (N-methyl/N-ethyl adjacent to an activating group) is 1. The Balaban J connectivity index is 3.22. The zero-order chi connectivity index (χ0) is 11.6. The maximum Gasteiger partial charge on any atom is 0.269 e. The number of halogens is 1. The first-order chi connectivity index (χ1) is 6.99. The minimum absolute atomic E-state index is 0.371. The van der Waals surface area contributed by atoms with Gasteiger partial charge in [-0.1, -0.05) is 0 Å². The van der Waals surface area contributed by atoms with Gasteiger partial charge in [0.2, 0.25) is 0 Å². The van der Waals surface area contributed by atoms with E-state index in [-0.39, 0.29) is 5.56 Å². The number of benzene rings is 1. The molecule has 15 heavy (non-hydrogen) atoms. The maximum atomic E-state index is 13.3. The van der Waals surface area contributed by atoms with Crippen LogP contribution in [0.3, 0.4) is 0 Å². The Morgan fingerprint density at radius 2 is 2.07 bits per heavy atom. The van der Waals surface area contributed by atoms with E-state index >= 15 is 0 Å². The van der Waals surface area contributed by atoms with Crippen molar-refractivity contribution in [1.29, 1.82) is 5.41 Å². The van der Waals surface area contributed by atoms with E-state index in [2.05, 4.69) is 5.32 Å². The molecular formula is C9H9FN2O3. The lowest BCUT2D eigenvalue weighted by molar-refractivity contribution is -0.114. The molecule has 0 aliphatic heterocycles. The van der Waals surface area contributed by atoms with Crippen molar-refractivity contribution in [3.05, 3.63) is 23.5 Å². The van der Waals surface area contributed by atoms with Gasteiger partial charge >= 0.3 is 0 Å². The molecule has 1 aromatic carbocycles. The van der Waals surface area contributed by atoms with E-state index in [0.29, 0.717) is 0 Å². The zero-order valence-corrected chi connectivity index (χ0v) is 7.84. The molecule has 0 aliphatic rings. The molecule has 1 amide bonds. The van der Waals surface area contributed by atoms with Gasteiger partial charge in [0.1, 0.15) is 5.71 Å². The fourth-order valence-corrected chi connectivity index (χ4v) is 0.995. The van der Waals surface area contributed by atoms with Crippen molar-refractivity contribution in [2.75, 3.05) is 7.05 Å². The molecule has 1 rings (SSSR count). The molecule has 1 aromatic rings. The Kier molecular flexibility index (Phi) is 2.89. The molecule has 0 unspecified atom stereocenters. The van der Waals surface area contributed by atoms with E-state index in [4.69, 9.17) is 15.6 Å². The lowest BCUT2D eigenvalue weighted by Crippen LogP contribution is -2.28. The second-order valence-corrected chi connectivity index (χ2v) is 2.75. The summed E-state index contributed by atoms with van der Waals surface area (Å²) < 4.78 is 13.3. The summed E-state index contributed by atoms with van der Waals surface area (Å²) >= 11 is 0. The molecule has 80 valence electrons. The largest absolute Gasteiger partial charge is 0.504 e. The maximum absolute atomic E-state index is 13.3. The summed E-state index contributed by atoms with van der Waals surface area (Å²) in [5.74, 6) is -3.58. The summed E-state index contributed by atoms with van der Waals surface area (Å²) in [4.78, 5) is 11.0. The van der Waals surface area contributed by atoms with E-state index in [0.717, 1.165) is 12.1 Å². The van der Waals surface area contributed by atoms with Crippen LogP contribution in [0, 0.1) is 11.2 Å². The molecule has 0 fully saturated rings. The van der Waals surface area contributed by atoms with Crippen molar-refractivity contribution in [1.82, 2.24) is 5.32 Å². The molecular weight excluding hydrogens is 203 g/mol. The molecule has 5 nitrogen and oxygen atoms in total. The summed E-state index contributed by atoms with van der Waals surface area (Å²) in [6.45, 7) is 0. The summed E-state index contributed by atoms with van der Waals surface area (Å²) in [7, 11) is 1.30. The second kappa shape index (κ2) is 3.95. The van der Waals surface area contributed by atoms with E-state index in [1.54, 1.807) is 0 Å². The van der Waals surface area contributed by atoms with Gasteiger partial charge < -0.3 is 15.5 Å². The highest BCUT2D eigenvalue weighted by molar-refractivity contribution is 6.44. The molecule has 4 N–H and O–H groups in total. The smallest absolute Gasteiger partial charge is 0.269 e. The van der Waals surface area contributed by atoms with Crippen LogP contribution in [-0.2, 0) is 4.79 Å². The van der Waals surface area contributed by atoms with Crippen LogP contribution in [0.5, 0.6) is 11.5 Å². The number of rotatable bonds is 2. The van der Waals surface area contributed by atoms with Gasteiger partial charge in [0, 0.05) is 12.6 Å². The Morgan fingerprint density at radius 3 is 2.60 bits per heavy atom. The third kappa shape index (κ3) is 1.88. The van der Waals surface area contributed by atoms with Crippen molar-refractivity contribution >= 4 is 11.6 Å². The Labute approximate surface area is 84.7 Å². The number of hydrogen-bond donors (Lipinski definition) is 4. The van der Waals surface area contributed by atoms with Crippen molar-refractivity contribution < 1.29 is 19.4 Å². The average Bonchev–Trinajstić information content (AvgIpc) is 2.24. The third-order valence-electron chi connectivity index (χ3n) is 1.82. The summed E-state index contributed by atoms with van der Waals surface area (Å²) in [5.41, 5.74) is -0.991. The zero-order valence-electron chi connectivity index (χ0n) is 7.84. The Morgan fingerprint density at radius 1 is 1.47 bits per heavy atom. The predicted octanol–water partition coefficient (Wildman–Crippen LogP) is 0.351. The molecule has 0 bridgehead atoms. The van der Waals surface area contributed by atoms with Crippen molar-refractivity contribution in [3.63, 3.8) is 0 Å². The van der Waals surface area contributed by atoms with E-state index in [1.165, 1.54) is 7.05 Å². The number of hydrogen-bond acceptors (Lipinski definition) is 4. The fraction of sp³-hybridized carbons (Fsp3) is 0.111. The fourth-order valence-electron chi connectivity index (χ4n) is 0.995. The standard InChI is InChI=1S/C9H9FN2O3/c1-12-9(15)7(11)4-2-3-5(13)8(14)6(4)10/h2-3,11,13-14H,1H3,(H,12,15). The highest BCUT2D eigenvalue weighted by Gasteiger charge is 2.19. The van der Waals surface area contributed by atoms with Gasteiger partial charge in [0.25, 0.3) is 5.91 Å². The number of amides is 1.